The van der Waals surface area contributed by atoms with Crippen LogP contribution in [0.5, 0.6) is 0 Å². The van der Waals surface area contributed by atoms with E-state index in [1.807, 2.05) is 18.2 Å². The van der Waals surface area contributed by atoms with Crippen LogP contribution >= 0.6 is 0 Å². The highest BCUT2D eigenvalue weighted by Gasteiger charge is 2.06. The van der Waals surface area contributed by atoms with E-state index < -0.39 is 0 Å². The molecule has 0 radical (unpaired) electrons. The van der Waals surface area contributed by atoms with Crippen molar-refractivity contribution < 1.29 is 0 Å². The summed E-state index contributed by atoms with van der Waals surface area (Å²) >= 11 is 0. The van der Waals surface area contributed by atoms with Gasteiger partial charge in [0.05, 0.1) is 5.52 Å². The van der Waals surface area contributed by atoms with Crippen LogP contribution in [-0.4, -0.2) is 10.2 Å². The van der Waals surface area contributed by atoms with Crippen molar-refractivity contribution >= 4 is 22.4 Å². The molecule has 2 N–H and O–H groups in total. The second-order valence-corrected chi connectivity index (χ2v) is 4.49. The van der Waals surface area contributed by atoms with Crippen molar-refractivity contribution in [2.24, 2.45) is 0 Å². The summed E-state index contributed by atoms with van der Waals surface area (Å²) in [7, 11) is 0. The third-order valence-electron chi connectivity index (χ3n) is 3.33. The predicted molar refractivity (Wildman–Crippen MR) is 75.3 cm³/mol. The highest BCUT2D eigenvalue weighted by molar-refractivity contribution is 5.91. The lowest BCUT2D eigenvalue weighted by Crippen LogP contribution is -1.95. The largest absolute Gasteiger partial charge is 0.338 e. The molecule has 0 spiro atoms. The average molecular weight is 237 g/mol. The maximum absolute atomic E-state index is 4.33. The van der Waals surface area contributed by atoms with Crippen LogP contribution in [0.3, 0.4) is 0 Å². The number of benzene rings is 2. The van der Waals surface area contributed by atoms with Gasteiger partial charge in [-0.2, -0.15) is 5.10 Å². The molecule has 0 saturated carbocycles. The fourth-order valence-electron chi connectivity index (χ4n) is 2.07. The zero-order valence-corrected chi connectivity index (χ0v) is 10.5. The normalized spacial score (nSPS) is 10.8. The van der Waals surface area contributed by atoms with E-state index in [4.69, 9.17) is 0 Å². The van der Waals surface area contributed by atoms with Gasteiger partial charge >= 0.3 is 0 Å². The minimum absolute atomic E-state index is 0.874. The second kappa shape index (κ2) is 4.18. The maximum Gasteiger partial charge on any atom is 0.160 e. The minimum atomic E-state index is 0.874. The molecular formula is C15H15N3. The Bertz CT molecular complexity index is 698. The number of aryl methyl sites for hydroxylation is 1. The standard InChI is InChI=1S/C15H15N3/c1-10-6-5-9-13(11(10)2)16-15-12-7-3-4-8-14(12)17-18-15/h3-9H,1-2H3,(H2,16,17,18). The summed E-state index contributed by atoms with van der Waals surface area (Å²) < 4.78 is 0. The van der Waals surface area contributed by atoms with Crippen LogP contribution in [0, 0.1) is 13.8 Å². The number of aromatic amines is 1. The molecule has 3 aromatic rings. The van der Waals surface area contributed by atoms with E-state index >= 15 is 0 Å². The number of fused-ring (bicyclic) bond motifs is 1. The topological polar surface area (TPSA) is 40.7 Å². The summed E-state index contributed by atoms with van der Waals surface area (Å²) in [6, 6.07) is 14.4. The van der Waals surface area contributed by atoms with Crippen LogP contribution in [0.4, 0.5) is 11.5 Å². The van der Waals surface area contributed by atoms with Gasteiger partial charge in [0.15, 0.2) is 5.82 Å². The molecule has 0 saturated heterocycles. The lowest BCUT2D eigenvalue weighted by Gasteiger charge is -2.09. The number of para-hydroxylation sites is 1. The van der Waals surface area contributed by atoms with Gasteiger partial charge in [-0.3, -0.25) is 5.10 Å². The fraction of sp³-hybridized carbons (Fsp3) is 0.133. The molecule has 90 valence electrons. The molecule has 2 aromatic carbocycles. The first-order valence-corrected chi connectivity index (χ1v) is 6.02. The molecular weight excluding hydrogens is 222 g/mol. The van der Waals surface area contributed by atoms with E-state index in [9.17, 15) is 0 Å². The van der Waals surface area contributed by atoms with E-state index in [0.717, 1.165) is 22.4 Å². The Labute approximate surface area is 106 Å². The Balaban J connectivity index is 2.04. The smallest absolute Gasteiger partial charge is 0.160 e. The average Bonchev–Trinajstić information content (AvgIpc) is 2.79. The fourth-order valence-corrected chi connectivity index (χ4v) is 2.07. The molecule has 3 rings (SSSR count). The molecule has 18 heavy (non-hydrogen) atoms. The molecule has 0 aliphatic carbocycles. The molecule has 1 aromatic heterocycles. The highest BCUT2D eigenvalue weighted by atomic mass is 15.2. The molecule has 0 fully saturated rings. The van der Waals surface area contributed by atoms with Crippen LogP contribution in [0.25, 0.3) is 10.9 Å². The van der Waals surface area contributed by atoms with Crippen LogP contribution in [0.15, 0.2) is 42.5 Å². The number of nitrogens with one attached hydrogen (secondary N) is 2. The van der Waals surface area contributed by atoms with Crippen molar-refractivity contribution in [1.82, 2.24) is 10.2 Å². The third kappa shape index (κ3) is 1.74. The van der Waals surface area contributed by atoms with Crippen molar-refractivity contribution in [1.29, 1.82) is 0 Å². The van der Waals surface area contributed by atoms with E-state index in [-0.39, 0.29) is 0 Å². The third-order valence-corrected chi connectivity index (χ3v) is 3.33. The second-order valence-electron chi connectivity index (χ2n) is 4.49. The summed E-state index contributed by atoms with van der Waals surface area (Å²) in [6.07, 6.45) is 0. The SMILES string of the molecule is Cc1cccc(Nc2n[nH]c3ccccc23)c1C. The number of aromatic nitrogens is 2. The highest BCUT2D eigenvalue weighted by Crippen LogP contribution is 2.26. The first-order valence-electron chi connectivity index (χ1n) is 6.02. The monoisotopic (exact) mass is 237 g/mol. The Morgan fingerprint density at radius 3 is 2.72 bits per heavy atom. The molecule has 0 aliphatic heterocycles. The number of anilines is 2. The van der Waals surface area contributed by atoms with Gasteiger partial charge in [-0.25, -0.2) is 0 Å². The van der Waals surface area contributed by atoms with Crippen molar-refractivity contribution in [3.05, 3.63) is 53.6 Å². The van der Waals surface area contributed by atoms with E-state index in [0.29, 0.717) is 0 Å². The predicted octanol–water partition coefficient (Wildman–Crippen LogP) is 3.92. The Morgan fingerprint density at radius 1 is 1.00 bits per heavy atom. The van der Waals surface area contributed by atoms with Gasteiger partial charge in [0, 0.05) is 11.1 Å². The minimum Gasteiger partial charge on any atom is -0.338 e. The van der Waals surface area contributed by atoms with Gasteiger partial charge in [0.25, 0.3) is 0 Å². The Morgan fingerprint density at radius 2 is 1.83 bits per heavy atom. The summed E-state index contributed by atoms with van der Waals surface area (Å²) in [6.45, 7) is 4.23. The van der Waals surface area contributed by atoms with Crippen LogP contribution in [-0.2, 0) is 0 Å². The van der Waals surface area contributed by atoms with Crippen molar-refractivity contribution in [3.8, 4) is 0 Å². The summed E-state index contributed by atoms with van der Waals surface area (Å²) in [4.78, 5) is 0. The summed E-state index contributed by atoms with van der Waals surface area (Å²) in [5.74, 6) is 0.874. The zero-order chi connectivity index (χ0) is 12.5. The molecule has 0 unspecified atom stereocenters. The van der Waals surface area contributed by atoms with Crippen molar-refractivity contribution in [3.63, 3.8) is 0 Å². The summed E-state index contributed by atoms with van der Waals surface area (Å²) in [5, 5.41) is 11.9. The van der Waals surface area contributed by atoms with Crippen molar-refractivity contribution in [2.45, 2.75) is 13.8 Å². The molecule has 0 amide bonds. The lowest BCUT2D eigenvalue weighted by atomic mass is 10.1. The zero-order valence-electron chi connectivity index (χ0n) is 10.5. The molecule has 0 bridgehead atoms. The quantitative estimate of drug-likeness (QED) is 0.709. The van der Waals surface area contributed by atoms with Crippen LogP contribution < -0.4 is 5.32 Å². The van der Waals surface area contributed by atoms with Gasteiger partial charge in [0.1, 0.15) is 0 Å². The molecule has 0 atom stereocenters. The molecule has 3 heteroatoms. The van der Waals surface area contributed by atoms with Gasteiger partial charge in [-0.15, -0.1) is 0 Å². The van der Waals surface area contributed by atoms with E-state index in [2.05, 4.69) is 53.6 Å². The van der Waals surface area contributed by atoms with Crippen molar-refractivity contribution in [2.75, 3.05) is 5.32 Å². The first kappa shape index (κ1) is 10.8. The lowest BCUT2D eigenvalue weighted by molar-refractivity contribution is 1.12. The number of H-pyrrole nitrogens is 1. The number of hydrogen-bond donors (Lipinski definition) is 2. The van der Waals surface area contributed by atoms with Gasteiger partial charge in [-0.1, -0.05) is 24.3 Å². The van der Waals surface area contributed by atoms with E-state index in [1.165, 1.54) is 11.1 Å². The van der Waals surface area contributed by atoms with Gasteiger partial charge in [-0.05, 0) is 43.2 Å². The molecule has 3 nitrogen and oxygen atoms in total. The van der Waals surface area contributed by atoms with Crippen LogP contribution in [0.2, 0.25) is 0 Å². The molecule has 1 heterocycles. The first-order chi connectivity index (χ1) is 8.75. The maximum atomic E-state index is 4.33. The van der Waals surface area contributed by atoms with Crippen LogP contribution in [0.1, 0.15) is 11.1 Å². The molecule has 0 aliphatic rings. The summed E-state index contributed by atoms with van der Waals surface area (Å²) in [5.41, 5.74) is 4.68. The van der Waals surface area contributed by atoms with Gasteiger partial charge in [0.2, 0.25) is 0 Å². The number of rotatable bonds is 2. The Kier molecular flexibility index (Phi) is 2.52. The number of nitrogens with zero attached hydrogens (tertiary/aromatic N) is 1. The Hall–Kier alpha value is -2.29. The number of hydrogen-bond acceptors (Lipinski definition) is 2. The van der Waals surface area contributed by atoms with E-state index in [1.54, 1.807) is 0 Å². The van der Waals surface area contributed by atoms with Gasteiger partial charge < -0.3 is 5.32 Å².